The van der Waals surface area contributed by atoms with Crippen LogP contribution < -0.4 is 5.32 Å². The molecule has 92 valence electrons. The lowest BCUT2D eigenvalue weighted by atomic mass is 10.3. The molecule has 0 fully saturated rings. The number of aromatic nitrogens is 1. The SMILES string of the molecule is O=C(NCc1cccnc1)c1ccc([N+](=O)[O-])s1. The van der Waals surface area contributed by atoms with E-state index in [9.17, 15) is 14.9 Å². The van der Waals surface area contributed by atoms with Gasteiger partial charge in [0.2, 0.25) is 0 Å². The van der Waals surface area contributed by atoms with Crippen LogP contribution in [0.2, 0.25) is 0 Å². The number of pyridine rings is 1. The van der Waals surface area contributed by atoms with Gasteiger partial charge in [-0.3, -0.25) is 19.9 Å². The Balaban J connectivity index is 1.97. The largest absolute Gasteiger partial charge is 0.347 e. The molecule has 0 aliphatic carbocycles. The zero-order chi connectivity index (χ0) is 13.0. The lowest BCUT2D eigenvalue weighted by molar-refractivity contribution is -0.380. The van der Waals surface area contributed by atoms with Crippen LogP contribution in [0.5, 0.6) is 0 Å². The predicted molar refractivity (Wildman–Crippen MR) is 66.4 cm³/mol. The van der Waals surface area contributed by atoms with Crippen molar-refractivity contribution in [1.29, 1.82) is 0 Å². The summed E-state index contributed by atoms with van der Waals surface area (Å²) in [6.07, 6.45) is 3.30. The van der Waals surface area contributed by atoms with Gasteiger partial charge >= 0.3 is 5.00 Å². The Labute approximate surface area is 106 Å². The Bertz CT molecular complexity index is 568. The van der Waals surface area contributed by atoms with E-state index in [4.69, 9.17) is 0 Å². The van der Waals surface area contributed by atoms with Crippen LogP contribution in [0.4, 0.5) is 5.00 Å². The number of amides is 1. The van der Waals surface area contributed by atoms with Crippen molar-refractivity contribution in [3.8, 4) is 0 Å². The molecule has 0 saturated carbocycles. The van der Waals surface area contributed by atoms with Gasteiger partial charge in [-0.05, 0) is 17.7 Å². The Morgan fingerprint density at radius 2 is 2.28 bits per heavy atom. The van der Waals surface area contributed by atoms with Gasteiger partial charge in [0, 0.05) is 25.0 Å². The average molecular weight is 263 g/mol. The van der Waals surface area contributed by atoms with Gasteiger partial charge < -0.3 is 5.32 Å². The molecular weight excluding hydrogens is 254 g/mol. The number of hydrogen-bond donors (Lipinski definition) is 1. The van der Waals surface area contributed by atoms with E-state index >= 15 is 0 Å². The normalized spacial score (nSPS) is 10.0. The van der Waals surface area contributed by atoms with E-state index in [0.717, 1.165) is 16.9 Å². The van der Waals surface area contributed by atoms with E-state index in [0.29, 0.717) is 11.4 Å². The molecule has 0 aliphatic rings. The highest BCUT2D eigenvalue weighted by Gasteiger charge is 2.14. The molecule has 0 aromatic carbocycles. The highest BCUT2D eigenvalue weighted by atomic mass is 32.1. The Kier molecular flexibility index (Phi) is 3.63. The summed E-state index contributed by atoms with van der Waals surface area (Å²) in [7, 11) is 0. The fourth-order valence-corrected chi connectivity index (χ4v) is 2.06. The number of hydrogen-bond acceptors (Lipinski definition) is 5. The Morgan fingerprint density at radius 3 is 2.89 bits per heavy atom. The number of nitrogens with one attached hydrogen (secondary N) is 1. The maximum Gasteiger partial charge on any atom is 0.324 e. The summed E-state index contributed by atoms with van der Waals surface area (Å²) < 4.78 is 0. The lowest BCUT2D eigenvalue weighted by Crippen LogP contribution is -2.21. The summed E-state index contributed by atoms with van der Waals surface area (Å²) in [4.78, 5) is 25.9. The van der Waals surface area contributed by atoms with E-state index in [1.165, 1.54) is 12.1 Å². The number of thiophene rings is 1. The number of nitro groups is 1. The quantitative estimate of drug-likeness (QED) is 0.675. The average Bonchev–Trinajstić information content (AvgIpc) is 2.87. The van der Waals surface area contributed by atoms with Crippen LogP contribution in [-0.4, -0.2) is 15.8 Å². The van der Waals surface area contributed by atoms with Gasteiger partial charge in [-0.1, -0.05) is 17.4 Å². The molecule has 0 atom stereocenters. The molecule has 2 rings (SSSR count). The van der Waals surface area contributed by atoms with Crippen LogP contribution in [0.15, 0.2) is 36.7 Å². The van der Waals surface area contributed by atoms with Gasteiger partial charge in [0.15, 0.2) is 0 Å². The fraction of sp³-hybridized carbons (Fsp3) is 0.0909. The molecule has 2 heterocycles. The van der Waals surface area contributed by atoms with Gasteiger partial charge in [-0.25, -0.2) is 0 Å². The maximum absolute atomic E-state index is 11.7. The van der Waals surface area contributed by atoms with Gasteiger partial charge in [-0.2, -0.15) is 0 Å². The van der Waals surface area contributed by atoms with Crippen molar-refractivity contribution >= 4 is 22.2 Å². The Hall–Kier alpha value is -2.28. The van der Waals surface area contributed by atoms with Crippen molar-refractivity contribution in [3.63, 3.8) is 0 Å². The molecule has 7 heteroatoms. The van der Waals surface area contributed by atoms with Crippen molar-refractivity contribution in [2.45, 2.75) is 6.54 Å². The third-order valence-electron chi connectivity index (χ3n) is 2.17. The fourth-order valence-electron chi connectivity index (χ4n) is 1.32. The zero-order valence-corrected chi connectivity index (χ0v) is 10.0. The second kappa shape index (κ2) is 5.37. The van der Waals surface area contributed by atoms with Gasteiger partial charge in [-0.15, -0.1) is 0 Å². The van der Waals surface area contributed by atoms with Crippen LogP contribution in [0.25, 0.3) is 0 Å². The highest BCUT2D eigenvalue weighted by Crippen LogP contribution is 2.23. The second-order valence-electron chi connectivity index (χ2n) is 3.44. The summed E-state index contributed by atoms with van der Waals surface area (Å²) in [5, 5.41) is 13.1. The molecule has 18 heavy (non-hydrogen) atoms. The minimum absolute atomic E-state index is 0.0403. The van der Waals surface area contributed by atoms with Crippen molar-refractivity contribution < 1.29 is 9.72 Å². The summed E-state index contributed by atoms with van der Waals surface area (Å²) in [6.45, 7) is 0.346. The smallest absolute Gasteiger partial charge is 0.324 e. The van der Waals surface area contributed by atoms with Gasteiger partial charge in [0.05, 0.1) is 9.80 Å². The third-order valence-corrected chi connectivity index (χ3v) is 3.21. The summed E-state index contributed by atoms with van der Waals surface area (Å²) in [5.74, 6) is -0.322. The third kappa shape index (κ3) is 2.89. The predicted octanol–water partition coefficient (Wildman–Crippen LogP) is 1.98. The van der Waals surface area contributed by atoms with E-state index in [1.54, 1.807) is 18.5 Å². The number of carbonyl (C=O) groups is 1. The first-order chi connectivity index (χ1) is 8.66. The zero-order valence-electron chi connectivity index (χ0n) is 9.20. The molecule has 2 aromatic rings. The number of nitrogens with zero attached hydrogens (tertiary/aromatic N) is 2. The molecule has 1 amide bonds. The van der Waals surface area contributed by atoms with Gasteiger partial charge in [0.1, 0.15) is 0 Å². The Morgan fingerprint density at radius 1 is 1.44 bits per heavy atom. The van der Waals surface area contributed by atoms with Crippen LogP contribution >= 0.6 is 11.3 Å². The molecule has 0 unspecified atom stereocenters. The molecule has 6 nitrogen and oxygen atoms in total. The first-order valence-corrected chi connectivity index (χ1v) is 5.90. The minimum Gasteiger partial charge on any atom is -0.347 e. The van der Waals surface area contributed by atoms with E-state index < -0.39 is 4.92 Å². The second-order valence-corrected chi connectivity index (χ2v) is 4.50. The minimum atomic E-state index is -0.511. The van der Waals surface area contributed by atoms with E-state index in [-0.39, 0.29) is 10.9 Å². The molecule has 0 radical (unpaired) electrons. The molecule has 1 N–H and O–H groups in total. The lowest BCUT2D eigenvalue weighted by Gasteiger charge is -2.02. The van der Waals surface area contributed by atoms with Crippen molar-refractivity contribution in [3.05, 3.63) is 57.2 Å². The van der Waals surface area contributed by atoms with Crippen LogP contribution in [-0.2, 0) is 6.54 Å². The van der Waals surface area contributed by atoms with Crippen molar-refractivity contribution in [1.82, 2.24) is 10.3 Å². The molecule has 2 aromatic heterocycles. The maximum atomic E-state index is 11.7. The standard InChI is InChI=1S/C11H9N3O3S/c15-11(9-3-4-10(18-9)14(16)17)13-7-8-2-1-5-12-6-8/h1-6H,7H2,(H,13,15). The van der Waals surface area contributed by atoms with Crippen LogP contribution in [0.3, 0.4) is 0 Å². The summed E-state index contributed by atoms with van der Waals surface area (Å²) in [5.41, 5.74) is 0.872. The molecular formula is C11H9N3O3S. The van der Waals surface area contributed by atoms with Crippen LogP contribution in [0, 0.1) is 10.1 Å². The summed E-state index contributed by atoms with van der Waals surface area (Å²) in [6, 6.07) is 6.38. The van der Waals surface area contributed by atoms with E-state index in [1.807, 2.05) is 6.07 Å². The topological polar surface area (TPSA) is 85.1 Å². The number of rotatable bonds is 4. The first kappa shape index (κ1) is 12.2. The van der Waals surface area contributed by atoms with E-state index in [2.05, 4.69) is 10.3 Å². The summed E-state index contributed by atoms with van der Waals surface area (Å²) >= 11 is 0.857. The van der Waals surface area contributed by atoms with Crippen LogP contribution in [0.1, 0.15) is 15.2 Å². The monoisotopic (exact) mass is 263 g/mol. The van der Waals surface area contributed by atoms with Crippen molar-refractivity contribution in [2.24, 2.45) is 0 Å². The molecule has 0 saturated heterocycles. The molecule has 0 aliphatic heterocycles. The first-order valence-electron chi connectivity index (χ1n) is 5.08. The van der Waals surface area contributed by atoms with Crippen molar-refractivity contribution in [2.75, 3.05) is 0 Å². The van der Waals surface area contributed by atoms with Gasteiger partial charge in [0.25, 0.3) is 5.91 Å². The number of carbonyl (C=O) groups excluding carboxylic acids is 1. The highest BCUT2D eigenvalue weighted by molar-refractivity contribution is 7.17. The molecule has 0 bridgehead atoms. The molecule has 0 spiro atoms.